The molecule has 0 spiro atoms. The molecule has 2 aliphatic rings. The van der Waals surface area contributed by atoms with Gasteiger partial charge in [0.1, 0.15) is 32.7 Å². The molecule has 1 amide bonds. The van der Waals surface area contributed by atoms with Crippen molar-refractivity contribution >= 4 is 5.91 Å². The van der Waals surface area contributed by atoms with Gasteiger partial charge in [-0.25, -0.2) is 0 Å². The van der Waals surface area contributed by atoms with Gasteiger partial charge in [0.25, 0.3) is 5.91 Å². The standard InChI is InChI=1S/C25H33N3O3/c1-30-23-11-10-19(16-24(23)31-2)17-27-12-14-28(15-13-27)18-25(29)26-22-9-5-7-20-6-3-4-8-21(20)22/h3-4,6,8,10-11,16,22H,5,7,9,12-15,17-18H2,1-2H3,(H,26,29)/p+2/t22-/m0/s1. The van der Waals surface area contributed by atoms with E-state index in [2.05, 4.69) is 41.7 Å². The van der Waals surface area contributed by atoms with Crippen LogP contribution in [0.5, 0.6) is 11.5 Å². The summed E-state index contributed by atoms with van der Waals surface area (Å²) >= 11 is 0. The number of rotatable bonds is 7. The molecule has 0 aromatic heterocycles. The number of methoxy groups -OCH3 is 2. The highest BCUT2D eigenvalue weighted by Gasteiger charge is 2.27. The first-order valence-electron chi connectivity index (χ1n) is 11.4. The van der Waals surface area contributed by atoms with Crippen LogP contribution in [0.1, 0.15) is 35.6 Å². The van der Waals surface area contributed by atoms with E-state index in [1.165, 1.54) is 21.6 Å². The number of piperazine rings is 1. The fraction of sp³-hybridized carbons (Fsp3) is 0.480. The van der Waals surface area contributed by atoms with E-state index in [9.17, 15) is 4.79 Å². The molecule has 0 unspecified atom stereocenters. The second-order valence-corrected chi connectivity index (χ2v) is 8.75. The van der Waals surface area contributed by atoms with Crippen LogP contribution in [0, 0.1) is 0 Å². The van der Waals surface area contributed by atoms with Crippen LogP contribution in [0.2, 0.25) is 0 Å². The Labute approximate surface area is 185 Å². The van der Waals surface area contributed by atoms with Crippen molar-refractivity contribution in [3.05, 3.63) is 59.2 Å². The lowest BCUT2D eigenvalue weighted by atomic mass is 9.88. The van der Waals surface area contributed by atoms with Gasteiger partial charge in [-0.15, -0.1) is 0 Å². The van der Waals surface area contributed by atoms with Crippen molar-refractivity contribution in [3.63, 3.8) is 0 Å². The first kappa shape index (κ1) is 21.7. The first-order valence-corrected chi connectivity index (χ1v) is 11.4. The Bertz CT molecular complexity index is 893. The number of nitrogens with one attached hydrogen (secondary N) is 3. The molecule has 1 atom stereocenters. The van der Waals surface area contributed by atoms with Gasteiger partial charge in [-0.3, -0.25) is 4.79 Å². The fourth-order valence-electron chi connectivity index (χ4n) is 4.97. The molecule has 1 fully saturated rings. The third-order valence-corrected chi connectivity index (χ3v) is 6.68. The third kappa shape index (κ3) is 5.38. The van der Waals surface area contributed by atoms with Gasteiger partial charge >= 0.3 is 0 Å². The fourth-order valence-corrected chi connectivity index (χ4v) is 4.97. The Hall–Kier alpha value is -2.57. The van der Waals surface area contributed by atoms with Gasteiger partial charge < -0.3 is 24.6 Å². The number of aryl methyl sites for hydroxylation is 1. The average molecular weight is 426 g/mol. The maximum Gasteiger partial charge on any atom is 0.275 e. The van der Waals surface area contributed by atoms with Crippen molar-refractivity contribution in [2.45, 2.75) is 31.8 Å². The lowest BCUT2D eigenvalue weighted by molar-refractivity contribution is -1.02. The quantitative estimate of drug-likeness (QED) is 0.593. The SMILES string of the molecule is COc1ccc(C[NH+]2CC[NH+](CC(=O)N[C@H]3CCCc4ccccc43)CC2)cc1OC. The molecular weight excluding hydrogens is 390 g/mol. The van der Waals surface area contributed by atoms with Crippen molar-refractivity contribution in [2.24, 2.45) is 0 Å². The number of quaternary nitrogens is 2. The van der Waals surface area contributed by atoms with Gasteiger partial charge in [0, 0.05) is 5.56 Å². The Morgan fingerprint density at radius 1 is 1.00 bits per heavy atom. The van der Waals surface area contributed by atoms with Gasteiger partial charge in [0.05, 0.1) is 20.3 Å². The zero-order valence-corrected chi connectivity index (χ0v) is 18.7. The molecule has 1 heterocycles. The molecule has 1 saturated heterocycles. The minimum absolute atomic E-state index is 0.175. The second-order valence-electron chi connectivity index (χ2n) is 8.75. The monoisotopic (exact) mass is 425 g/mol. The van der Waals surface area contributed by atoms with Crippen LogP contribution < -0.4 is 24.6 Å². The van der Waals surface area contributed by atoms with Gasteiger partial charge in [-0.2, -0.15) is 0 Å². The number of hydrogen-bond acceptors (Lipinski definition) is 3. The van der Waals surface area contributed by atoms with Crippen molar-refractivity contribution in [1.29, 1.82) is 0 Å². The number of carbonyl (C=O) groups excluding carboxylic acids is 1. The van der Waals surface area contributed by atoms with Crippen LogP contribution in [0.4, 0.5) is 0 Å². The Morgan fingerprint density at radius 2 is 1.74 bits per heavy atom. The molecule has 6 nitrogen and oxygen atoms in total. The molecule has 2 aromatic carbocycles. The lowest BCUT2D eigenvalue weighted by Gasteiger charge is -2.30. The van der Waals surface area contributed by atoms with E-state index in [1.807, 2.05) is 6.07 Å². The highest BCUT2D eigenvalue weighted by Crippen LogP contribution is 2.29. The topological polar surface area (TPSA) is 56.4 Å². The van der Waals surface area contributed by atoms with E-state index in [-0.39, 0.29) is 11.9 Å². The first-order chi connectivity index (χ1) is 15.2. The zero-order valence-electron chi connectivity index (χ0n) is 18.7. The molecule has 3 N–H and O–H groups in total. The summed E-state index contributed by atoms with van der Waals surface area (Å²) in [6.45, 7) is 5.74. The lowest BCUT2D eigenvalue weighted by Crippen LogP contribution is -3.28. The third-order valence-electron chi connectivity index (χ3n) is 6.68. The summed E-state index contributed by atoms with van der Waals surface area (Å²) in [6, 6.07) is 14.9. The summed E-state index contributed by atoms with van der Waals surface area (Å²) in [5.74, 6) is 1.73. The molecule has 0 bridgehead atoms. The molecule has 0 saturated carbocycles. The minimum Gasteiger partial charge on any atom is -0.493 e. The van der Waals surface area contributed by atoms with Crippen LogP contribution in [-0.4, -0.2) is 52.9 Å². The molecule has 31 heavy (non-hydrogen) atoms. The maximum atomic E-state index is 12.7. The molecule has 4 rings (SSSR count). The van der Waals surface area contributed by atoms with Gasteiger partial charge in [-0.1, -0.05) is 24.3 Å². The zero-order chi connectivity index (χ0) is 21.6. The normalized spacial score (nSPS) is 23.0. The van der Waals surface area contributed by atoms with E-state index >= 15 is 0 Å². The number of fused-ring (bicyclic) bond motifs is 1. The Kier molecular flexibility index (Phi) is 7.10. The molecule has 166 valence electrons. The summed E-state index contributed by atoms with van der Waals surface area (Å²) in [7, 11) is 3.33. The summed E-state index contributed by atoms with van der Waals surface area (Å²) in [4.78, 5) is 15.7. The summed E-state index contributed by atoms with van der Waals surface area (Å²) < 4.78 is 10.8. The highest BCUT2D eigenvalue weighted by atomic mass is 16.5. The van der Waals surface area contributed by atoms with E-state index in [0.29, 0.717) is 6.54 Å². The van der Waals surface area contributed by atoms with Crippen LogP contribution >= 0.6 is 0 Å². The minimum atomic E-state index is 0.175. The molecule has 1 aliphatic heterocycles. The molecule has 6 heteroatoms. The van der Waals surface area contributed by atoms with Crippen molar-refractivity contribution in [2.75, 3.05) is 46.9 Å². The predicted octanol–water partition coefficient (Wildman–Crippen LogP) is 0.181. The van der Waals surface area contributed by atoms with E-state index < -0.39 is 0 Å². The largest absolute Gasteiger partial charge is 0.493 e. The summed E-state index contributed by atoms with van der Waals surface area (Å²) in [5, 5.41) is 3.30. The van der Waals surface area contributed by atoms with E-state index in [1.54, 1.807) is 19.1 Å². The van der Waals surface area contributed by atoms with Gasteiger partial charge in [-0.05, 0) is 48.6 Å². The maximum absolute atomic E-state index is 12.7. The number of amides is 1. The van der Waals surface area contributed by atoms with Crippen molar-refractivity contribution in [1.82, 2.24) is 5.32 Å². The number of hydrogen-bond donors (Lipinski definition) is 3. The molecule has 1 aliphatic carbocycles. The van der Waals surface area contributed by atoms with Gasteiger partial charge in [0.2, 0.25) is 0 Å². The van der Waals surface area contributed by atoms with Crippen LogP contribution in [0.15, 0.2) is 42.5 Å². The number of benzene rings is 2. The molecule has 2 aromatic rings. The second kappa shape index (κ2) is 10.2. The average Bonchev–Trinajstić information content (AvgIpc) is 2.80. The summed E-state index contributed by atoms with van der Waals surface area (Å²) in [6.07, 6.45) is 3.31. The summed E-state index contributed by atoms with van der Waals surface area (Å²) in [5.41, 5.74) is 3.95. The molecule has 0 radical (unpaired) electrons. The number of carbonyl (C=O) groups is 1. The van der Waals surface area contributed by atoms with E-state index in [0.717, 1.165) is 63.5 Å². The molecular formula is C25H35N3O3+2. The Morgan fingerprint density at radius 3 is 2.52 bits per heavy atom. The van der Waals surface area contributed by atoms with Gasteiger partial charge in [0.15, 0.2) is 18.0 Å². The van der Waals surface area contributed by atoms with Crippen molar-refractivity contribution < 1.29 is 24.1 Å². The predicted molar refractivity (Wildman–Crippen MR) is 120 cm³/mol. The van der Waals surface area contributed by atoms with Crippen LogP contribution in [0.3, 0.4) is 0 Å². The van der Waals surface area contributed by atoms with E-state index in [4.69, 9.17) is 9.47 Å². The smallest absolute Gasteiger partial charge is 0.275 e. The van der Waals surface area contributed by atoms with Crippen LogP contribution in [-0.2, 0) is 17.8 Å². The highest BCUT2D eigenvalue weighted by molar-refractivity contribution is 5.77. The van der Waals surface area contributed by atoms with Crippen molar-refractivity contribution in [3.8, 4) is 11.5 Å². The number of ether oxygens (including phenoxy) is 2. The van der Waals surface area contributed by atoms with Crippen LogP contribution in [0.25, 0.3) is 0 Å². The Balaban J connectivity index is 1.25.